The van der Waals surface area contributed by atoms with Crippen LogP contribution in [0.4, 0.5) is 5.69 Å². The summed E-state index contributed by atoms with van der Waals surface area (Å²) >= 11 is 6.08. The van der Waals surface area contributed by atoms with E-state index in [1.807, 2.05) is 13.8 Å². The molecule has 168 valence electrons. The molecule has 2 heterocycles. The Morgan fingerprint density at radius 3 is 2.39 bits per heavy atom. The van der Waals surface area contributed by atoms with E-state index in [1.54, 1.807) is 36.5 Å². The number of sulfonamides is 1. The van der Waals surface area contributed by atoms with Crippen LogP contribution in [-0.4, -0.2) is 24.2 Å². The van der Waals surface area contributed by atoms with Crippen LogP contribution in [0.25, 0.3) is 0 Å². The van der Waals surface area contributed by atoms with E-state index >= 15 is 0 Å². The van der Waals surface area contributed by atoms with Crippen molar-refractivity contribution < 1.29 is 17.6 Å². The number of pyridine rings is 1. The van der Waals surface area contributed by atoms with Crippen LogP contribution in [0.15, 0.2) is 88.6 Å². The summed E-state index contributed by atoms with van der Waals surface area (Å²) in [5.74, 6) is 0.0777. The second-order valence-corrected chi connectivity index (χ2v) is 9.94. The molecule has 0 radical (unpaired) electrons. The summed E-state index contributed by atoms with van der Waals surface area (Å²) in [7, 11) is -3.99. The zero-order chi connectivity index (χ0) is 23.6. The molecule has 33 heavy (non-hydrogen) atoms. The lowest BCUT2D eigenvalue weighted by molar-refractivity contribution is 0.103. The van der Waals surface area contributed by atoms with Crippen molar-refractivity contribution in [3.8, 4) is 0 Å². The maximum Gasteiger partial charge on any atom is 0.261 e. The molecule has 0 spiro atoms. The number of hydrogen-bond acceptors (Lipinski definition) is 6. The predicted molar refractivity (Wildman–Crippen MR) is 125 cm³/mol. The Labute approximate surface area is 196 Å². The zero-order valence-electron chi connectivity index (χ0n) is 17.8. The van der Waals surface area contributed by atoms with E-state index in [9.17, 15) is 13.2 Å². The second-order valence-electron chi connectivity index (χ2n) is 7.83. The number of hydrogen-bond donors (Lipinski definition) is 1. The quantitative estimate of drug-likeness (QED) is 0.369. The van der Waals surface area contributed by atoms with Gasteiger partial charge >= 0.3 is 0 Å². The van der Waals surface area contributed by atoms with Crippen molar-refractivity contribution in [2.75, 3.05) is 4.72 Å². The molecule has 0 saturated heterocycles. The minimum atomic E-state index is -3.99. The molecule has 2 aromatic carbocycles. The molecule has 0 bridgehead atoms. The van der Waals surface area contributed by atoms with E-state index in [0.29, 0.717) is 10.9 Å². The average molecular weight is 482 g/mol. The Morgan fingerprint density at radius 1 is 1.00 bits per heavy atom. The number of ketones is 1. The van der Waals surface area contributed by atoms with Crippen LogP contribution in [0.1, 0.15) is 41.4 Å². The molecule has 0 aliphatic carbocycles. The molecule has 4 aromatic rings. The molecule has 1 N–H and O–H groups in total. The maximum atomic E-state index is 13.1. The Bertz CT molecular complexity index is 1390. The highest BCUT2D eigenvalue weighted by Gasteiger charge is 2.28. The van der Waals surface area contributed by atoms with Crippen LogP contribution in [0, 0.1) is 0 Å². The van der Waals surface area contributed by atoms with Gasteiger partial charge in [-0.05, 0) is 61.9 Å². The SMILES string of the molecule is CC(C)(c1ccc(S(=O)(=O)Nc2ccc(Cl)cc2C(=O)c2ccccn2)cc1)c1ncco1. The summed E-state index contributed by atoms with van der Waals surface area (Å²) in [4.78, 5) is 21.2. The molecule has 0 unspecified atom stereocenters. The van der Waals surface area contributed by atoms with Gasteiger partial charge in [0, 0.05) is 16.8 Å². The Morgan fingerprint density at radius 2 is 1.76 bits per heavy atom. The first-order chi connectivity index (χ1) is 15.7. The van der Waals surface area contributed by atoms with Gasteiger partial charge in [-0.15, -0.1) is 0 Å². The fourth-order valence-electron chi connectivity index (χ4n) is 3.34. The summed E-state index contributed by atoms with van der Waals surface area (Å²) in [5.41, 5.74) is 0.683. The van der Waals surface area contributed by atoms with E-state index in [4.69, 9.17) is 16.0 Å². The topological polar surface area (TPSA) is 102 Å². The molecule has 2 aromatic heterocycles. The summed E-state index contributed by atoms with van der Waals surface area (Å²) in [6.45, 7) is 3.87. The predicted octanol–water partition coefficient (Wildman–Crippen LogP) is 5.08. The van der Waals surface area contributed by atoms with Crippen LogP contribution in [-0.2, 0) is 15.4 Å². The lowest BCUT2D eigenvalue weighted by Gasteiger charge is -2.21. The maximum absolute atomic E-state index is 13.1. The Kier molecular flexibility index (Phi) is 6.05. The van der Waals surface area contributed by atoms with Gasteiger partial charge in [0.25, 0.3) is 10.0 Å². The van der Waals surface area contributed by atoms with Crippen LogP contribution >= 0.6 is 11.6 Å². The van der Waals surface area contributed by atoms with Gasteiger partial charge in [0.15, 0.2) is 0 Å². The molecule has 0 atom stereocenters. The minimum Gasteiger partial charge on any atom is -0.448 e. The number of rotatable bonds is 7. The van der Waals surface area contributed by atoms with Crippen molar-refractivity contribution in [3.63, 3.8) is 0 Å². The highest BCUT2D eigenvalue weighted by molar-refractivity contribution is 7.92. The van der Waals surface area contributed by atoms with E-state index < -0.39 is 21.2 Å². The third kappa shape index (κ3) is 4.67. The molecule has 4 rings (SSSR count). The van der Waals surface area contributed by atoms with E-state index in [-0.39, 0.29) is 21.8 Å². The van der Waals surface area contributed by atoms with Crippen LogP contribution in [0.2, 0.25) is 5.02 Å². The number of halogens is 1. The first-order valence-electron chi connectivity index (χ1n) is 9.97. The summed E-state index contributed by atoms with van der Waals surface area (Å²) in [5, 5.41) is 0.301. The van der Waals surface area contributed by atoms with Crippen molar-refractivity contribution in [2.24, 2.45) is 0 Å². The molecular formula is C24H20ClN3O4S. The van der Waals surface area contributed by atoms with Gasteiger partial charge in [0.1, 0.15) is 12.0 Å². The second kappa shape index (κ2) is 8.80. The molecule has 7 nitrogen and oxygen atoms in total. The van der Waals surface area contributed by atoms with Crippen molar-refractivity contribution in [2.45, 2.75) is 24.2 Å². The highest BCUT2D eigenvalue weighted by atomic mass is 35.5. The van der Waals surface area contributed by atoms with Gasteiger partial charge in [-0.3, -0.25) is 14.5 Å². The Balaban J connectivity index is 1.64. The number of nitrogens with one attached hydrogen (secondary N) is 1. The average Bonchev–Trinajstić information content (AvgIpc) is 3.36. The van der Waals surface area contributed by atoms with Gasteiger partial charge in [0.2, 0.25) is 11.7 Å². The van der Waals surface area contributed by atoms with Crippen LogP contribution in [0.3, 0.4) is 0 Å². The van der Waals surface area contributed by atoms with E-state index in [0.717, 1.165) is 5.56 Å². The van der Waals surface area contributed by atoms with Gasteiger partial charge in [-0.2, -0.15) is 0 Å². The zero-order valence-corrected chi connectivity index (χ0v) is 19.4. The van der Waals surface area contributed by atoms with Gasteiger partial charge in [-0.25, -0.2) is 13.4 Å². The number of oxazole rings is 1. The lowest BCUT2D eigenvalue weighted by Crippen LogP contribution is -2.20. The number of carbonyl (C=O) groups is 1. The first kappa shape index (κ1) is 22.7. The van der Waals surface area contributed by atoms with Crippen LogP contribution < -0.4 is 4.72 Å². The number of carbonyl (C=O) groups excluding carboxylic acids is 1. The normalized spacial score (nSPS) is 11.8. The van der Waals surface area contributed by atoms with Crippen molar-refractivity contribution in [1.82, 2.24) is 9.97 Å². The number of nitrogens with zero attached hydrogens (tertiary/aromatic N) is 2. The lowest BCUT2D eigenvalue weighted by atomic mass is 9.84. The monoisotopic (exact) mass is 481 g/mol. The third-order valence-electron chi connectivity index (χ3n) is 5.22. The molecular weight excluding hydrogens is 462 g/mol. The fraction of sp³-hybridized carbons (Fsp3) is 0.125. The smallest absolute Gasteiger partial charge is 0.261 e. The molecule has 0 fully saturated rings. The summed E-state index contributed by atoms with van der Waals surface area (Å²) < 4.78 is 34.1. The van der Waals surface area contributed by atoms with Crippen molar-refractivity contribution in [1.29, 1.82) is 0 Å². The fourth-order valence-corrected chi connectivity index (χ4v) is 4.59. The molecule has 0 saturated carbocycles. The molecule has 9 heteroatoms. The van der Waals surface area contributed by atoms with Crippen molar-refractivity contribution >= 4 is 33.1 Å². The van der Waals surface area contributed by atoms with Gasteiger partial charge in [-0.1, -0.05) is 29.8 Å². The molecule has 0 aliphatic rings. The third-order valence-corrected chi connectivity index (χ3v) is 6.84. The molecule has 0 aliphatic heterocycles. The van der Waals surface area contributed by atoms with Gasteiger partial charge < -0.3 is 4.42 Å². The number of benzene rings is 2. The van der Waals surface area contributed by atoms with Gasteiger partial charge in [0.05, 0.1) is 22.2 Å². The number of anilines is 1. The van der Waals surface area contributed by atoms with Crippen LogP contribution in [0.5, 0.6) is 0 Å². The first-order valence-corrected chi connectivity index (χ1v) is 11.8. The largest absolute Gasteiger partial charge is 0.448 e. The number of aromatic nitrogens is 2. The standard InChI is InChI=1S/C24H20ClN3O4S/c1-24(2,23-27-13-14-32-23)16-6-9-18(10-7-16)33(30,31)28-20-11-8-17(25)15-19(20)22(29)21-5-3-4-12-26-21/h3-15,28H,1-2H3. The molecule has 0 amide bonds. The summed E-state index contributed by atoms with van der Waals surface area (Å²) in [6.07, 6.45) is 4.55. The van der Waals surface area contributed by atoms with E-state index in [1.165, 1.54) is 42.8 Å². The van der Waals surface area contributed by atoms with Crippen molar-refractivity contribution in [3.05, 3.63) is 107 Å². The summed E-state index contributed by atoms with van der Waals surface area (Å²) in [6, 6.07) is 15.7. The van der Waals surface area contributed by atoms with E-state index in [2.05, 4.69) is 14.7 Å². The highest BCUT2D eigenvalue weighted by Crippen LogP contribution is 2.31. The Hall–Kier alpha value is -3.49. The minimum absolute atomic E-state index is 0.0423.